The first kappa shape index (κ1) is 21.6. The molecule has 2 N–H and O–H groups in total. The smallest absolute Gasteiger partial charge is 0.350 e. The van der Waals surface area contributed by atoms with Gasteiger partial charge in [-0.05, 0) is 48.5 Å². The van der Waals surface area contributed by atoms with Gasteiger partial charge in [0.05, 0.1) is 23.0 Å². The molecule has 2 amide bonds. The van der Waals surface area contributed by atoms with Crippen LogP contribution >= 0.6 is 15.9 Å². The van der Waals surface area contributed by atoms with Gasteiger partial charge in [-0.2, -0.15) is 18.3 Å². The van der Waals surface area contributed by atoms with Crippen molar-refractivity contribution in [3.8, 4) is 5.69 Å². The van der Waals surface area contributed by atoms with Crippen LogP contribution in [0.3, 0.4) is 0 Å². The molecule has 0 aliphatic rings. The fraction of sp³-hybridized carbons (Fsp3) is 0.150. The summed E-state index contributed by atoms with van der Waals surface area (Å²) in [5, 5.41) is 9.33. The second-order valence-corrected chi connectivity index (χ2v) is 7.15. The van der Waals surface area contributed by atoms with Crippen LogP contribution in [0.4, 0.5) is 13.2 Å². The first-order valence-electron chi connectivity index (χ1n) is 8.78. The molecule has 0 fully saturated rings. The van der Waals surface area contributed by atoms with Crippen molar-refractivity contribution in [1.82, 2.24) is 20.4 Å². The van der Waals surface area contributed by atoms with Crippen molar-refractivity contribution < 1.29 is 22.8 Å². The Morgan fingerprint density at radius 1 is 0.900 bits per heavy atom. The minimum Gasteiger partial charge on any atom is -0.350 e. The van der Waals surface area contributed by atoms with Crippen molar-refractivity contribution in [1.29, 1.82) is 0 Å². The standard InChI is InChI=1S/C20H16BrF3N4O2/c21-16-5-7-17(8-6-16)28-12-14(11-27-28)19(30)26-10-9-25-18(29)13-1-3-15(4-2-13)20(22,23)24/h1-8,11-12H,9-10H2,(H,25,29)(H,26,30). The summed E-state index contributed by atoms with van der Waals surface area (Å²) < 4.78 is 40.1. The third-order valence-corrected chi connectivity index (χ3v) is 4.64. The Balaban J connectivity index is 1.47. The predicted octanol–water partition coefficient (Wildman–Crippen LogP) is 3.81. The number of carbonyl (C=O) groups is 2. The molecule has 156 valence electrons. The lowest BCUT2D eigenvalue weighted by molar-refractivity contribution is -0.137. The van der Waals surface area contributed by atoms with Crippen LogP contribution in [0, 0.1) is 0 Å². The van der Waals surface area contributed by atoms with Gasteiger partial charge in [0.15, 0.2) is 0 Å². The van der Waals surface area contributed by atoms with Crippen LogP contribution in [0.25, 0.3) is 5.69 Å². The van der Waals surface area contributed by atoms with Crippen molar-refractivity contribution in [2.75, 3.05) is 13.1 Å². The topological polar surface area (TPSA) is 76.0 Å². The Kier molecular flexibility index (Phi) is 6.56. The zero-order valence-electron chi connectivity index (χ0n) is 15.4. The molecule has 0 saturated heterocycles. The van der Waals surface area contributed by atoms with Crippen molar-refractivity contribution in [2.24, 2.45) is 0 Å². The van der Waals surface area contributed by atoms with E-state index in [2.05, 4.69) is 31.7 Å². The molecule has 0 aliphatic carbocycles. The van der Waals surface area contributed by atoms with Gasteiger partial charge in [0.25, 0.3) is 11.8 Å². The first-order valence-corrected chi connectivity index (χ1v) is 9.57. The maximum Gasteiger partial charge on any atom is 0.416 e. The van der Waals surface area contributed by atoms with E-state index < -0.39 is 17.6 Å². The van der Waals surface area contributed by atoms with Gasteiger partial charge in [0, 0.05) is 29.3 Å². The van der Waals surface area contributed by atoms with E-state index in [0.717, 1.165) is 34.4 Å². The van der Waals surface area contributed by atoms with Crippen LogP contribution in [-0.4, -0.2) is 34.7 Å². The molecule has 0 aliphatic heterocycles. The zero-order chi connectivity index (χ0) is 21.7. The minimum atomic E-state index is -4.45. The summed E-state index contributed by atoms with van der Waals surface area (Å²) in [6.07, 6.45) is -1.44. The van der Waals surface area contributed by atoms with E-state index in [9.17, 15) is 22.8 Å². The number of alkyl halides is 3. The summed E-state index contributed by atoms with van der Waals surface area (Å²) in [4.78, 5) is 24.2. The quantitative estimate of drug-likeness (QED) is 0.526. The molecule has 0 unspecified atom stereocenters. The Morgan fingerprint density at radius 2 is 1.47 bits per heavy atom. The van der Waals surface area contributed by atoms with Gasteiger partial charge in [0.1, 0.15) is 0 Å². The summed E-state index contributed by atoms with van der Waals surface area (Å²) in [6.45, 7) is 0.265. The monoisotopic (exact) mass is 480 g/mol. The Hall–Kier alpha value is -3.14. The minimum absolute atomic E-state index is 0.102. The molecule has 1 heterocycles. The maximum atomic E-state index is 12.6. The van der Waals surface area contributed by atoms with E-state index in [0.29, 0.717) is 5.56 Å². The number of aromatic nitrogens is 2. The Morgan fingerprint density at radius 3 is 2.03 bits per heavy atom. The Bertz CT molecular complexity index is 1030. The number of hydrogen-bond donors (Lipinski definition) is 2. The number of nitrogens with one attached hydrogen (secondary N) is 2. The van der Waals surface area contributed by atoms with Gasteiger partial charge in [-0.25, -0.2) is 4.68 Å². The van der Waals surface area contributed by atoms with E-state index in [1.54, 1.807) is 10.9 Å². The molecule has 2 aromatic carbocycles. The van der Waals surface area contributed by atoms with Crippen molar-refractivity contribution in [2.45, 2.75) is 6.18 Å². The highest BCUT2D eigenvalue weighted by molar-refractivity contribution is 9.10. The first-order chi connectivity index (χ1) is 14.2. The van der Waals surface area contributed by atoms with Gasteiger partial charge < -0.3 is 10.6 Å². The Labute approximate surface area is 178 Å². The SMILES string of the molecule is O=C(NCCNC(=O)c1cnn(-c2ccc(Br)cc2)c1)c1ccc(C(F)(F)F)cc1. The fourth-order valence-electron chi connectivity index (χ4n) is 2.54. The number of benzene rings is 2. The highest BCUT2D eigenvalue weighted by atomic mass is 79.9. The number of carbonyl (C=O) groups excluding carboxylic acids is 2. The number of nitrogens with zero attached hydrogens (tertiary/aromatic N) is 2. The van der Waals surface area contributed by atoms with Crippen molar-refractivity contribution in [3.05, 3.63) is 82.1 Å². The van der Waals surface area contributed by atoms with Crippen LogP contribution in [0.1, 0.15) is 26.3 Å². The lowest BCUT2D eigenvalue weighted by Gasteiger charge is -2.09. The molecule has 30 heavy (non-hydrogen) atoms. The molecule has 1 aromatic heterocycles. The molecule has 0 atom stereocenters. The van der Waals surface area contributed by atoms with Gasteiger partial charge in [-0.3, -0.25) is 9.59 Å². The van der Waals surface area contributed by atoms with Crippen LogP contribution < -0.4 is 10.6 Å². The summed E-state index contributed by atoms with van der Waals surface area (Å²) in [7, 11) is 0. The number of halogens is 4. The van der Waals surface area contributed by atoms with E-state index >= 15 is 0 Å². The lowest BCUT2D eigenvalue weighted by Crippen LogP contribution is -2.34. The fourth-order valence-corrected chi connectivity index (χ4v) is 2.81. The number of rotatable bonds is 6. The van der Waals surface area contributed by atoms with Gasteiger partial charge in [0.2, 0.25) is 0 Å². The largest absolute Gasteiger partial charge is 0.416 e. The summed E-state index contributed by atoms with van der Waals surface area (Å²) in [5.74, 6) is -0.886. The molecule has 0 spiro atoms. The molecule has 0 bridgehead atoms. The maximum absolute atomic E-state index is 12.6. The van der Waals surface area contributed by atoms with Crippen LogP contribution in [0.15, 0.2) is 65.4 Å². The molecular weight excluding hydrogens is 465 g/mol. The summed E-state index contributed by atoms with van der Waals surface area (Å²) >= 11 is 3.35. The predicted molar refractivity (Wildman–Crippen MR) is 107 cm³/mol. The van der Waals surface area contributed by atoms with Crippen LogP contribution in [-0.2, 0) is 6.18 Å². The van der Waals surface area contributed by atoms with Gasteiger partial charge in [-0.1, -0.05) is 15.9 Å². The van der Waals surface area contributed by atoms with E-state index in [1.807, 2.05) is 24.3 Å². The van der Waals surface area contributed by atoms with Gasteiger partial charge >= 0.3 is 6.18 Å². The molecule has 3 aromatic rings. The average molecular weight is 481 g/mol. The van der Waals surface area contributed by atoms with E-state index in [-0.39, 0.29) is 24.6 Å². The molecule has 10 heteroatoms. The van der Waals surface area contributed by atoms with Crippen LogP contribution in [0.5, 0.6) is 0 Å². The third kappa shape index (κ3) is 5.47. The number of amides is 2. The lowest BCUT2D eigenvalue weighted by atomic mass is 10.1. The highest BCUT2D eigenvalue weighted by Crippen LogP contribution is 2.29. The summed E-state index contributed by atoms with van der Waals surface area (Å²) in [5.41, 5.74) is 0.424. The van der Waals surface area contributed by atoms with E-state index in [1.165, 1.54) is 6.20 Å². The zero-order valence-corrected chi connectivity index (χ0v) is 17.0. The van der Waals surface area contributed by atoms with Crippen molar-refractivity contribution in [3.63, 3.8) is 0 Å². The average Bonchev–Trinajstić information content (AvgIpc) is 3.21. The van der Waals surface area contributed by atoms with Crippen molar-refractivity contribution >= 4 is 27.7 Å². The molecule has 6 nitrogen and oxygen atoms in total. The highest BCUT2D eigenvalue weighted by Gasteiger charge is 2.30. The molecular formula is C20H16BrF3N4O2. The molecule has 0 radical (unpaired) electrons. The van der Waals surface area contributed by atoms with E-state index in [4.69, 9.17) is 0 Å². The second-order valence-electron chi connectivity index (χ2n) is 6.24. The second kappa shape index (κ2) is 9.12. The number of hydrogen-bond acceptors (Lipinski definition) is 3. The molecule has 0 saturated carbocycles. The molecule has 3 rings (SSSR count). The summed E-state index contributed by atoms with van der Waals surface area (Å²) in [6, 6.07) is 11.3. The van der Waals surface area contributed by atoms with Gasteiger partial charge in [-0.15, -0.1) is 0 Å². The third-order valence-electron chi connectivity index (χ3n) is 4.11. The normalized spacial score (nSPS) is 11.2. The van der Waals surface area contributed by atoms with Crippen LogP contribution in [0.2, 0.25) is 0 Å².